The number of amides is 2. The van der Waals surface area contributed by atoms with E-state index in [1.807, 2.05) is 0 Å². The maximum Gasteiger partial charge on any atom is 0.411 e. The van der Waals surface area contributed by atoms with E-state index in [1.54, 1.807) is 25.1 Å². The van der Waals surface area contributed by atoms with Gasteiger partial charge in [-0.1, -0.05) is 12.6 Å². The number of benzene rings is 1. The van der Waals surface area contributed by atoms with Gasteiger partial charge in [0, 0.05) is 16.9 Å². The average molecular weight is 336 g/mol. The van der Waals surface area contributed by atoms with Gasteiger partial charge in [0.15, 0.2) is 0 Å². The molecular formula is C16H20N2O6. The topological polar surface area (TPSA) is 103 Å². The molecule has 8 nitrogen and oxygen atoms in total. The Balaban J connectivity index is 2.51. The molecule has 0 fully saturated rings. The average Bonchev–Trinajstić information content (AvgIpc) is 2.54. The molecule has 2 amide bonds. The fraction of sp³-hybridized carbons (Fsp3) is 0.312. The van der Waals surface area contributed by atoms with Crippen molar-refractivity contribution in [3.8, 4) is 0 Å². The third-order valence-electron chi connectivity index (χ3n) is 2.80. The number of anilines is 2. The van der Waals surface area contributed by atoms with Crippen LogP contribution in [-0.2, 0) is 19.0 Å². The van der Waals surface area contributed by atoms with Crippen LogP contribution < -0.4 is 10.6 Å². The second-order valence-corrected chi connectivity index (χ2v) is 4.82. The van der Waals surface area contributed by atoms with Gasteiger partial charge in [0.2, 0.25) is 0 Å². The molecule has 0 saturated carbocycles. The Morgan fingerprint density at radius 1 is 1.08 bits per heavy atom. The Kier molecular flexibility index (Phi) is 7.28. The van der Waals surface area contributed by atoms with Crippen LogP contribution in [0.5, 0.6) is 0 Å². The number of ether oxygens (including phenoxy) is 3. The lowest BCUT2D eigenvalue weighted by Gasteiger charge is -2.11. The summed E-state index contributed by atoms with van der Waals surface area (Å²) in [6, 6.07) is 4.95. The van der Waals surface area contributed by atoms with Gasteiger partial charge in [0.05, 0.1) is 7.11 Å². The van der Waals surface area contributed by atoms with Gasteiger partial charge >= 0.3 is 18.2 Å². The highest BCUT2D eigenvalue weighted by Gasteiger charge is 2.09. The summed E-state index contributed by atoms with van der Waals surface area (Å²) in [5, 5.41) is 5.03. The van der Waals surface area contributed by atoms with E-state index in [1.165, 1.54) is 14.0 Å². The normalized spacial score (nSPS) is 9.62. The molecule has 0 radical (unpaired) electrons. The lowest BCUT2D eigenvalue weighted by atomic mass is 10.2. The van der Waals surface area contributed by atoms with E-state index < -0.39 is 18.2 Å². The second-order valence-electron chi connectivity index (χ2n) is 4.82. The number of nitrogens with one attached hydrogen (secondary N) is 2. The van der Waals surface area contributed by atoms with Gasteiger partial charge in [-0.2, -0.15) is 0 Å². The van der Waals surface area contributed by atoms with Gasteiger partial charge in [-0.25, -0.2) is 14.4 Å². The summed E-state index contributed by atoms with van der Waals surface area (Å²) in [6.07, 6.45) is -1.33. The molecule has 0 aliphatic heterocycles. The predicted molar refractivity (Wildman–Crippen MR) is 88.0 cm³/mol. The molecule has 0 unspecified atom stereocenters. The Labute approximate surface area is 139 Å². The predicted octanol–water partition coefficient (Wildman–Crippen LogP) is 2.84. The number of hydrogen-bond acceptors (Lipinski definition) is 6. The van der Waals surface area contributed by atoms with E-state index in [4.69, 9.17) is 9.47 Å². The van der Waals surface area contributed by atoms with Gasteiger partial charge in [-0.15, -0.1) is 0 Å². The first-order valence-corrected chi connectivity index (χ1v) is 7.05. The molecule has 8 heteroatoms. The SMILES string of the molecule is C=C(C)C(=O)OCCOC(=O)Nc1cc(NC(=O)OC)ccc1C. The Morgan fingerprint density at radius 3 is 2.38 bits per heavy atom. The van der Waals surface area contributed by atoms with Crippen LogP contribution in [0, 0.1) is 6.92 Å². The standard InChI is InChI=1S/C16H20N2O6/c1-10(2)14(19)23-7-8-24-16(21)18-13-9-12(6-5-11(13)3)17-15(20)22-4/h5-6,9H,1,7-8H2,2-4H3,(H,17,20)(H,18,21). The van der Waals surface area contributed by atoms with Crippen LogP contribution in [0.3, 0.4) is 0 Å². The molecule has 0 bridgehead atoms. The Bertz CT molecular complexity index is 641. The minimum absolute atomic E-state index is 0.0674. The summed E-state index contributed by atoms with van der Waals surface area (Å²) in [5.41, 5.74) is 1.96. The van der Waals surface area contributed by atoms with Gasteiger partial charge < -0.3 is 14.2 Å². The zero-order valence-corrected chi connectivity index (χ0v) is 13.8. The van der Waals surface area contributed by atoms with Crippen molar-refractivity contribution >= 4 is 29.5 Å². The fourth-order valence-corrected chi connectivity index (χ4v) is 1.54. The molecule has 1 rings (SSSR count). The summed E-state index contributed by atoms with van der Waals surface area (Å²) < 4.78 is 14.2. The van der Waals surface area contributed by atoms with Crippen molar-refractivity contribution in [2.24, 2.45) is 0 Å². The zero-order chi connectivity index (χ0) is 18.1. The Morgan fingerprint density at radius 2 is 1.75 bits per heavy atom. The van der Waals surface area contributed by atoms with Crippen molar-refractivity contribution in [2.75, 3.05) is 31.0 Å². The lowest BCUT2D eigenvalue weighted by molar-refractivity contribution is -0.139. The maximum absolute atomic E-state index is 11.7. The number of hydrogen-bond donors (Lipinski definition) is 2. The highest BCUT2D eigenvalue weighted by molar-refractivity contribution is 5.89. The van der Waals surface area contributed by atoms with Gasteiger partial charge in [0.1, 0.15) is 13.2 Å². The van der Waals surface area contributed by atoms with E-state index >= 15 is 0 Å². The summed E-state index contributed by atoms with van der Waals surface area (Å²) in [4.78, 5) is 34.1. The minimum atomic E-state index is -0.709. The van der Waals surface area contributed by atoms with Gasteiger partial charge in [-0.3, -0.25) is 10.6 Å². The number of esters is 1. The second kappa shape index (κ2) is 9.19. The van der Waals surface area contributed by atoms with Crippen LogP contribution >= 0.6 is 0 Å². The van der Waals surface area contributed by atoms with Crippen LogP contribution in [0.1, 0.15) is 12.5 Å². The largest absolute Gasteiger partial charge is 0.459 e. The third kappa shape index (κ3) is 6.39. The molecule has 2 N–H and O–H groups in total. The zero-order valence-electron chi connectivity index (χ0n) is 13.8. The summed E-state index contributed by atoms with van der Waals surface area (Å²) >= 11 is 0. The van der Waals surface area contributed by atoms with Crippen molar-refractivity contribution in [2.45, 2.75) is 13.8 Å². The van der Waals surface area contributed by atoms with E-state index in [2.05, 4.69) is 21.9 Å². The highest BCUT2D eigenvalue weighted by atomic mass is 16.6. The van der Waals surface area contributed by atoms with Crippen molar-refractivity contribution in [1.29, 1.82) is 0 Å². The highest BCUT2D eigenvalue weighted by Crippen LogP contribution is 2.20. The first-order valence-electron chi connectivity index (χ1n) is 7.05. The van der Waals surface area contributed by atoms with Crippen molar-refractivity contribution in [3.63, 3.8) is 0 Å². The number of rotatable bonds is 6. The van der Waals surface area contributed by atoms with Crippen LogP contribution in [-0.4, -0.2) is 38.5 Å². The van der Waals surface area contributed by atoms with Gasteiger partial charge in [0.25, 0.3) is 0 Å². The number of carbonyl (C=O) groups is 3. The fourth-order valence-electron chi connectivity index (χ4n) is 1.54. The van der Waals surface area contributed by atoms with Crippen molar-refractivity contribution < 1.29 is 28.6 Å². The first-order chi connectivity index (χ1) is 11.3. The van der Waals surface area contributed by atoms with Crippen molar-refractivity contribution in [3.05, 3.63) is 35.9 Å². The first kappa shape index (κ1) is 19.0. The molecular weight excluding hydrogens is 316 g/mol. The maximum atomic E-state index is 11.7. The number of methoxy groups -OCH3 is 1. The van der Waals surface area contributed by atoms with Crippen LogP contribution in [0.25, 0.3) is 0 Å². The van der Waals surface area contributed by atoms with Gasteiger partial charge in [-0.05, 0) is 31.5 Å². The molecule has 130 valence electrons. The van der Waals surface area contributed by atoms with Crippen molar-refractivity contribution in [1.82, 2.24) is 0 Å². The van der Waals surface area contributed by atoms with E-state index in [0.29, 0.717) is 11.4 Å². The molecule has 0 aliphatic rings. The third-order valence-corrected chi connectivity index (χ3v) is 2.80. The summed E-state index contributed by atoms with van der Waals surface area (Å²) in [5.74, 6) is -0.545. The Hall–Kier alpha value is -3.03. The minimum Gasteiger partial charge on any atom is -0.459 e. The quantitative estimate of drug-likeness (QED) is 0.358. The van der Waals surface area contributed by atoms with Crippen LogP contribution in [0.2, 0.25) is 0 Å². The molecule has 1 aromatic rings. The number of carbonyl (C=O) groups excluding carboxylic acids is 3. The summed E-state index contributed by atoms with van der Waals surface area (Å²) in [6.45, 7) is 6.58. The molecule has 1 aromatic carbocycles. The van der Waals surface area contributed by atoms with E-state index in [9.17, 15) is 14.4 Å². The smallest absolute Gasteiger partial charge is 0.411 e. The van der Waals surface area contributed by atoms with E-state index in [-0.39, 0.29) is 18.8 Å². The molecule has 0 spiro atoms. The lowest BCUT2D eigenvalue weighted by Crippen LogP contribution is -2.19. The molecule has 0 heterocycles. The molecule has 0 aromatic heterocycles. The molecule has 24 heavy (non-hydrogen) atoms. The van der Waals surface area contributed by atoms with Crippen LogP contribution in [0.4, 0.5) is 21.0 Å². The monoisotopic (exact) mass is 336 g/mol. The molecule has 0 atom stereocenters. The molecule has 0 saturated heterocycles. The summed E-state index contributed by atoms with van der Waals surface area (Å²) in [7, 11) is 1.25. The number of aryl methyl sites for hydroxylation is 1. The van der Waals surface area contributed by atoms with Crippen LogP contribution in [0.15, 0.2) is 30.4 Å². The van der Waals surface area contributed by atoms with E-state index in [0.717, 1.165) is 5.56 Å². The molecule has 0 aliphatic carbocycles.